The molecule has 0 saturated heterocycles. The minimum atomic E-state index is -0.325. The van der Waals surface area contributed by atoms with Gasteiger partial charge in [-0.15, -0.1) is 11.3 Å². The average Bonchev–Trinajstić information content (AvgIpc) is 3.36. The number of rotatable bonds is 6. The van der Waals surface area contributed by atoms with Gasteiger partial charge in [0.25, 0.3) is 0 Å². The molecule has 0 saturated carbocycles. The minimum Gasteiger partial charge on any atom is -0.349 e. The molecule has 3 heterocycles. The molecule has 1 atom stereocenters. The number of benzene rings is 1. The van der Waals surface area contributed by atoms with E-state index in [9.17, 15) is 4.79 Å². The lowest BCUT2D eigenvalue weighted by Gasteiger charge is -2.36. The molecule has 146 valence electrons. The molecule has 0 bridgehead atoms. The van der Waals surface area contributed by atoms with E-state index in [1.165, 1.54) is 5.56 Å². The number of carbonyl (C=O) groups is 1. The van der Waals surface area contributed by atoms with Gasteiger partial charge in [-0.25, -0.2) is 4.98 Å². The van der Waals surface area contributed by atoms with Crippen LogP contribution in [0.1, 0.15) is 47.8 Å². The second-order valence-electron chi connectivity index (χ2n) is 7.48. The third-order valence-electron chi connectivity index (χ3n) is 5.22. The Labute approximate surface area is 170 Å². The zero-order chi connectivity index (χ0) is 19.5. The van der Waals surface area contributed by atoms with Gasteiger partial charge < -0.3 is 9.88 Å². The molecule has 1 aliphatic rings. The average molecular weight is 395 g/mol. The summed E-state index contributed by atoms with van der Waals surface area (Å²) in [7, 11) is 0. The van der Waals surface area contributed by atoms with Gasteiger partial charge >= 0.3 is 0 Å². The minimum absolute atomic E-state index is 0.0488. The second-order valence-corrected chi connectivity index (χ2v) is 8.52. The van der Waals surface area contributed by atoms with E-state index < -0.39 is 0 Å². The van der Waals surface area contributed by atoms with Crippen LogP contribution < -0.4 is 5.32 Å². The Morgan fingerprint density at radius 3 is 2.79 bits per heavy atom. The Bertz CT molecular complexity index is 917. The highest BCUT2D eigenvalue weighted by atomic mass is 32.1. The van der Waals surface area contributed by atoms with Gasteiger partial charge in [0.1, 0.15) is 6.04 Å². The van der Waals surface area contributed by atoms with Crippen LogP contribution in [0.4, 0.5) is 0 Å². The van der Waals surface area contributed by atoms with Crippen LogP contribution in [0.3, 0.4) is 0 Å². The van der Waals surface area contributed by atoms with Crippen molar-refractivity contribution in [2.75, 3.05) is 6.54 Å². The van der Waals surface area contributed by atoms with Gasteiger partial charge in [-0.05, 0) is 30.9 Å². The lowest BCUT2D eigenvalue weighted by molar-refractivity contribution is -0.127. The molecule has 0 fully saturated rings. The maximum Gasteiger partial charge on any atom is 0.243 e. The molecule has 5 nitrogen and oxygen atoms in total. The van der Waals surface area contributed by atoms with Gasteiger partial charge in [0.2, 0.25) is 5.91 Å². The first-order valence-electron chi connectivity index (χ1n) is 9.77. The Morgan fingerprint density at radius 2 is 2.07 bits per heavy atom. The lowest BCUT2D eigenvalue weighted by Crippen LogP contribution is -2.45. The first-order valence-corrected chi connectivity index (χ1v) is 10.6. The van der Waals surface area contributed by atoms with E-state index in [1.807, 2.05) is 23.8 Å². The van der Waals surface area contributed by atoms with Gasteiger partial charge in [-0.3, -0.25) is 9.69 Å². The van der Waals surface area contributed by atoms with Gasteiger partial charge in [0.05, 0.1) is 24.3 Å². The monoisotopic (exact) mass is 394 g/mol. The third-order valence-corrected chi connectivity index (χ3v) is 6.10. The fraction of sp³-hybridized carbons (Fsp3) is 0.364. The molecule has 0 radical (unpaired) electrons. The Morgan fingerprint density at radius 1 is 1.25 bits per heavy atom. The Kier molecular flexibility index (Phi) is 5.59. The number of aromatic nitrogens is 2. The Hall–Kier alpha value is -2.44. The van der Waals surface area contributed by atoms with Crippen LogP contribution in [0.25, 0.3) is 0 Å². The van der Waals surface area contributed by atoms with E-state index >= 15 is 0 Å². The van der Waals surface area contributed by atoms with Crippen molar-refractivity contribution in [3.8, 4) is 0 Å². The van der Waals surface area contributed by atoms with E-state index in [-0.39, 0.29) is 18.0 Å². The number of carbonyl (C=O) groups excluding carboxylic acids is 1. The van der Waals surface area contributed by atoms with Crippen LogP contribution >= 0.6 is 11.3 Å². The van der Waals surface area contributed by atoms with Crippen LogP contribution in [-0.4, -0.2) is 26.9 Å². The van der Waals surface area contributed by atoms with Crippen LogP contribution in [0.2, 0.25) is 0 Å². The summed E-state index contributed by atoms with van der Waals surface area (Å²) in [5, 5.41) is 5.19. The smallest absolute Gasteiger partial charge is 0.243 e. The van der Waals surface area contributed by atoms with E-state index in [0.29, 0.717) is 6.54 Å². The van der Waals surface area contributed by atoms with Crippen molar-refractivity contribution in [1.29, 1.82) is 0 Å². The van der Waals surface area contributed by atoms with E-state index in [2.05, 4.69) is 63.9 Å². The topological polar surface area (TPSA) is 50.2 Å². The molecule has 3 aromatic rings. The van der Waals surface area contributed by atoms with Crippen molar-refractivity contribution in [1.82, 2.24) is 19.8 Å². The molecule has 4 rings (SSSR count). The molecule has 0 spiro atoms. The molecule has 0 aliphatic carbocycles. The van der Waals surface area contributed by atoms with E-state index in [1.54, 1.807) is 11.3 Å². The summed E-state index contributed by atoms with van der Waals surface area (Å²) >= 11 is 1.66. The molecule has 28 heavy (non-hydrogen) atoms. The summed E-state index contributed by atoms with van der Waals surface area (Å²) in [5.74, 6) is 0.0488. The van der Waals surface area contributed by atoms with Gasteiger partial charge in [-0.2, -0.15) is 0 Å². The second kappa shape index (κ2) is 8.29. The normalized spacial score (nSPS) is 16.9. The molecule has 1 amide bonds. The summed E-state index contributed by atoms with van der Waals surface area (Å²) in [6.07, 6.45) is 2.76. The van der Waals surface area contributed by atoms with Gasteiger partial charge in [-0.1, -0.05) is 36.4 Å². The molecular weight excluding hydrogens is 368 g/mol. The number of fused-ring (bicyclic) bond motifs is 1. The SMILES string of the molecule is CC(C)n1cnc2c1[C@H](C(=O)NCc1cccs1)N(Cc1ccccc1)CC2. The van der Waals surface area contributed by atoms with Crippen molar-refractivity contribution in [2.24, 2.45) is 0 Å². The predicted molar refractivity (Wildman–Crippen MR) is 112 cm³/mol. The van der Waals surface area contributed by atoms with Crippen molar-refractivity contribution in [3.05, 3.63) is 76.0 Å². The fourth-order valence-electron chi connectivity index (χ4n) is 3.83. The first kappa shape index (κ1) is 18.9. The fourth-order valence-corrected chi connectivity index (χ4v) is 4.47. The number of imidazole rings is 1. The maximum atomic E-state index is 13.3. The van der Waals surface area contributed by atoms with Gasteiger partial charge in [0, 0.05) is 30.4 Å². The van der Waals surface area contributed by atoms with Crippen LogP contribution in [0.15, 0.2) is 54.2 Å². The molecule has 1 N–H and O–H groups in total. The van der Waals surface area contributed by atoms with Crippen LogP contribution in [-0.2, 0) is 24.3 Å². The molecular formula is C22H26N4OS. The largest absolute Gasteiger partial charge is 0.349 e. The number of hydrogen-bond acceptors (Lipinski definition) is 4. The summed E-state index contributed by atoms with van der Waals surface area (Å²) in [5.41, 5.74) is 3.31. The van der Waals surface area contributed by atoms with Crippen molar-refractivity contribution < 1.29 is 4.79 Å². The number of amides is 1. The summed E-state index contributed by atoms with van der Waals surface area (Å²) in [4.78, 5) is 21.4. The van der Waals surface area contributed by atoms with E-state index in [4.69, 9.17) is 0 Å². The quantitative estimate of drug-likeness (QED) is 0.689. The number of thiophene rings is 1. The number of nitrogens with zero attached hydrogens (tertiary/aromatic N) is 3. The summed E-state index contributed by atoms with van der Waals surface area (Å²) in [6.45, 7) is 6.42. The highest BCUT2D eigenvalue weighted by Gasteiger charge is 2.36. The van der Waals surface area contributed by atoms with Gasteiger partial charge in [0.15, 0.2) is 0 Å². The molecule has 1 aliphatic heterocycles. The third kappa shape index (κ3) is 3.88. The Balaban J connectivity index is 1.63. The van der Waals surface area contributed by atoms with Crippen LogP contribution in [0.5, 0.6) is 0 Å². The maximum absolute atomic E-state index is 13.3. The zero-order valence-electron chi connectivity index (χ0n) is 16.3. The summed E-state index contributed by atoms with van der Waals surface area (Å²) in [6, 6.07) is 14.4. The molecule has 2 aromatic heterocycles. The van der Waals surface area contributed by atoms with Crippen molar-refractivity contribution >= 4 is 17.2 Å². The number of hydrogen-bond donors (Lipinski definition) is 1. The van der Waals surface area contributed by atoms with Crippen LogP contribution in [0, 0.1) is 0 Å². The predicted octanol–water partition coefficient (Wildman–Crippen LogP) is 3.94. The van der Waals surface area contributed by atoms with E-state index in [0.717, 1.165) is 35.8 Å². The highest BCUT2D eigenvalue weighted by molar-refractivity contribution is 7.09. The first-order chi connectivity index (χ1) is 13.6. The van der Waals surface area contributed by atoms with Crippen molar-refractivity contribution in [3.63, 3.8) is 0 Å². The standard InChI is InChI=1S/C22H26N4OS/c1-16(2)26-15-24-19-10-11-25(14-17-7-4-3-5-8-17)21(20(19)26)22(27)23-13-18-9-6-12-28-18/h3-9,12,15-16,21H,10-11,13-14H2,1-2H3,(H,23,27)/t21-/m1/s1. The van der Waals surface area contributed by atoms with Crippen molar-refractivity contribution in [2.45, 2.75) is 45.4 Å². The summed E-state index contributed by atoms with van der Waals surface area (Å²) < 4.78 is 2.15. The lowest BCUT2D eigenvalue weighted by atomic mass is 10.00. The highest BCUT2D eigenvalue weighted by Crippen LogP contribution is 2.32. The molecule has 6 heteroatoms. The molecule has 1 aromatic carbocycles. The zero-order valence-corrected chi connectivity index (χ0v) is 17.2. The number of nitrogens with one attached hydrogen (secondary N) is 1. The molecule has 0 unspecified atom stereocenters.